The number of hydrogen-bond donors (Lipinski definition) is 2. The standard InChI is InChI=1S/C21H23N3O5S/c25-21(15-5-6-17-18(13-15)29-12-11-28-17)24-9-7-14(8-10-24)20-22-16-3-1-2-4-19(16)30(26,27)23-20/h1-6,13-14,20,22-23H,7-12H2. The minimum atomic E-state index is -3.54. The summed E-state index contributed by atoms with van der Waals surface area (Å²) < 4.78 is 39.0. The highest BCUT2D eigenvalue weighted by Crippen LogP contribution is 2.33. The summed E-state index contributed by atoms with van der Waals surface area (Å²) in [7, 11) is -3.54. The number of carbonyl (C=O) groups is 1. The Kier molecular flexibility index (Phi) is 4.79. The molecule has 30 heavy (non-hydrogen) atoms. The van der Waals surface area contributed by atoms with Gasteiger partial charge in [-0.3, -0.25) is 4.79 Å². The third-order valence-electron chi connectivity index (χ3n) is 5.86. The molecule has 2 N–H and O–H groups in total. The summed E-state index contributed by atoms with van der Waals surface area (Å²) in [6, 6.07) is 12.2. The summed E-state index contributed by atoms with van der Waals surface area (Å²) in [5.74, 6) is 1.30. The molecule has 0 saturated carbocycles. The molecule has 1 fully saturated rings. The zero-order valence-corrected chi connectivity index (χ0v) is 17.2. The lowest BCUT2D eigenvalue weighted by molar-refractivity contribution is 0.0678. The van der Waals surface area contributed by atoms with Crippen molar-refractivity contribution in [3.8, 4) is 11.5 Å². The van der Waals surface area contributed by atoms with Crippen LogP contribution in [-0.4, -0.2) is 51.7 Å². The normalized spacial score (nSPS) is 22.7. The predicted molar refractivity (Wildman–Crippen MR) is 110 cm³/mol. The van der Waals surface area contributed by atoms with Crippen LogP contribution in [0.4, 0.5) is 5.69 Å². The molecule has 158 valence electrons. The van der Waals surface area contributed by atoms with Crippen molar-refractivity contribution in [2.24, 2.45) is 5.92 Å². The monoisotopic (exact) mass is 429 g/mol. The van der Waals surface area contributed by atoms with Crippen LogP contribution in [0.1, 0.15) is 23.2 Å². The smallest absolute Gasteiger partial charge is 0.253 e. The largest absolute Gasteiger partial charge is 0.486 e. The SMILES string of the molecule is O=C(c1ccc2c(c1)OCCO2)N1CCC(C2Nc3ccccc3S(=O)(=O)N2)CC1. The quantitative estimate of drug-likeness (QED) is 0.758. The van der Waals surface area contributed by atoms with E-state index in [0.29, 0.717) is 61.9 Å². The van der Waals surface area contributed by atoms with Gasteiger partial charge in [0.1, 0.15) is 18.1 Å². The van der Waals surface area contributed by atoms with E-state index in [-0.39, 0.29) is 22.9 Å². The molecule has 3 aliphatic rings. The summed E-state index contributed by atoms with van der Waals surface area (Å²) in [6.07, 6.45) is 1.04. The lowest BCUT2D eigenvalue weighted by Gasteiger charge is -2.39. The summed E-state index contributed by atoms with van der Waals surface area (Å²) in [5.41, 5.74) is 1.19. The number of fused-ring (bicyclic) bond motifs is 2. The van der Waals surface area contributed by atoms with Crippen molar-refractivity contribution in [1.29, 1.82) is 0 Å². The van der Waals surface area contributed by atoms with Crippen LogP contribution in [0.3, 0.4) is 0 Å². The van der Waals surface area contributed by atoms with Crippen LogP contribution >= 0.6 is 0 Å². The van der Waals surface area contributed by atoms with Crippen LogP contribution in [-0.2, 0) is 10.0 Å². The fourth-order valence-electron chi connectivity index (χ4n) is 4.26. The van der Waals surface area contributed by atoms with Gasteiger partial charge in [-0.05, 0) is 49.1 Å². The number of likely N-dealkylation sites (tertiary alicyclic amines) is 1. The molecular weight excluding hydrogens is 406 g/mol. The highest BCUT2D eigenvalue weighted by atomic mass is 32.2. The van der Waals surface area contributed by atoms with Crippen molar-refractivity contribution in [3.63, 3.8) is 0 Å². The van der Waals surface area contributed by atoms with E-state index in [1.54, 1.807) is 36.4 Å². The molecule has 9 heteroatoms. The van der Waals surface area contributed by atoms with Gasteiger partial charge in [-0.15, -0.1) is 0 Å². The van der Waals surface area contributed by atoms with Crippen molar-refractivity contribution in [1.82, 2.24) is 9.62 Å². The van der Waals surface area contributed by atoms with Gasteiger partial charge in [-0.1, -0.05) is 12.1 Å². The molecule has 1 amide bonds. The minimum Gasteiger partial charge on any atom is -0.486 e. The third-order valence-corrected chi connectivity index (χ3v) is 7.36. The van der Waals surface area contributed by atoms with Gasteiger partial charge in [-0.25, -0.2) is 8.42 Å². The molecule has 2 aromatic carbocycles. The summed E-state index contributed by atoms with van der Waals surface area (Å²) in [5, 5.41) is 3.31. The third kappa shape index (κ3) is 3.48. The number of nitrogens with zero attached hydrogens (tertiary/aromatic N) is 1. The Hall–Kier alpha value is -2.78. The molecule has 1 unspecified atom stereocenters. The molecular formula is C21H23N3O5S. The highest BCUT2D eigenvalue weighted by Gasteiger charge is 2.36. The number of sulfonamides is 1. The molecule has 0 bridgehead atoms. The van der Waals surface area contributed by atoms with Crippen molar-refractivity contribution in [2.45, 2.75) is 23.9 Å². The number of nitrogens with one attached hydrogen (secondary N) is 2. The molecule has 5 rings (SSSR count). The second kappa shape index (κ2) is 7.48. The van der Waals surface area contributed by atoms with Gasteiger partial charge in [0.05, 0.1) is 11.9 Å². The molecule has 0 aromatic heterocycles. The van der Waals surface area contributed by atoms with E-state index < -0.39 is 10.0 Å². The van der Waals surface area contributed by atoms with Gasteiger partial charge >= 0.3 is 0 Å². The number of carbonyl (C=O) groups excluding carboxylic acids is 1. The first-order valence-electron chi connectivity index (χ1n) is 10.1. The lowest BCUT2D eigenvalue weighted by atomic mass is 9.93. The molecule has 1 atom stereocenters. The summed E-state index contributed by atoms with van der Waals surface area (Å²) >= 11 is 0. The molecule has 1 saturated heterocycles. The van der Waals surface area contributed by atoms with E-state index in [9.17, 15) is 13.2 Å². The maximum Gasteiger partial charge on any atom is 0.253 e. The van der Waals surface area contributed by atoms with Gasteiger partial charge < -0.3 is 19.7 Å². The fourth-order valence-corrected chi connectivity index (χ4v) is 5.64. The van der Waals surface area contributed by atoms with Gasteiger partial charge in [-0.2, -0.15) is 4.72 Å². The minimum absolute atomic E-state index is 0.0482. The zero-order chi connectivity index (χ0) is 20.7. The van der Waals surface area contributed by atoms with Crippen molar-refractivity contribution in [3.05, 3.63) is 48.0 Å². The van der Waals surface area contributed by atoms with Gasteiger partial charge in [0.15, 0.2) is 11.5 Å². The van der Waals surface area contributed by atoms with Crippen LogP contribution in [0.15, 0.2) is 47.4 Å². The van der Waals surface area contributed by atoms with Gasteiger partial charge in [0.25, 0.3) is 5.91 Å². The summed E-state index contributed by atoms with van der Waals surface area (Å²) in [6.45, 7) is 2.12. The molecule has 3 aliphatic heterocycles. The first-order chi connectivity index (χ1) is 14.5. The maximum absolute atomic E-state index is 12.9. The predicted octanol–water partition coefficient (Wildman–Crippen LogP) is 2.04. The van der Waals surface area contributed by atoms with E-state index in [2.05, 4.69) is 10.0 Å². The Labute approximate surface area is 175 Å². The molecule has 2 aromatic rings. The number of ether oxygens (including phenoxy) is 2. The average molecular weight is 429 g/mol. The topological polar surface area (TPSA) is 97.0 Å². The number of anilines is 1. The Morgan fingerprint density at radius 3 is 2.53 bits per heavy atom. The number of benzene rings is 2. The molecule has 0 aliphatic carbocycles. The first kappa shape index (κ1) is 19.2. The molecule has 0 spiro atoms. The number of amides is 1. The average Bonchev–Trinajstić information content (AvgIpc) is 2.78. The Balaban J connectivity index is 1.25. The Morgan fingerprint density at radius 2 is 1.73 bits per heavy atom. The molecule has 0 radical (unpaired) electrons. The van der Waals surface area contributed by atoms with Crippen LogP contribution in [0.5, 0.6) is 11.5 Å². The highest BCUT2D eigenvalue weighted by molar-refractivity contribution is 7.89. The van der Waals surface area contributed by atoms with Crippen molar-refractivity contribution in [2.75, 3.05) is 31.6 Å². The van der Waals surface area contributed by atoms with E-state index in [1.165, 1.54) is 0 Å². The van der Waals surface area contributed by atoms with Gasteiger partial charge in [0, 0.05) is 18.7 Å². The van der Waals surface area contributed by atoms with Crippen molar-refractivity contribution < 1.29 is 22.7 Å². The number of piperidine rings is 1. The molecule has 8 nitrogen and oxygen atoms in total. The van der Waals surface area contributed by atoms with E-state index in [4.69, 9.17) is 9.47 Å². The zero-order valence-electron chi connectivity index (χ0n) is 16.3. The van der Waals surface area contributed by atoms with E-state index in [0.717, 1.165) is 0 Å². The fraction of sp³-hybridized carbons (Fsp3) is 0.381. The first-order valence-corrected chi connectivity index (χ1v) is 11.6. The maximum atomic E-state index is 12.9. The van der Waals surface area contributed by atoms with Gasteiger partial charge in [0.2, 0.25) is 10.0 Å². The number of para-hydroxylation sites is 1. The second-order valence-corrected chi connectivity index (χ2v) is 9.41. The number of rotatable bonds is 2. The Bertz CT molecular complexity index is 1080. The van der Waals surface area contributed by atoms with E-state index >= 15 is 0 Å². The van der Waals surface area contributed by atoms with Crippen LogP contribution in [0, 0.1) is 5.92 Å². The van der Waals surface area contributed by atoms with Crippen LogP contribution in [0.2, 0.25) is 0 Å². The number of hydrogen-bond acceptors (Lipinski definition) is 6. The van der Waals surface area contributed by atoms with Crippen LogP contribution in [0.25, 0.3) is 0 Å². The van der Waals surface area contributed by atoms with Crippen LogP contribution < -0.4 is 19.5 Å². The Morgan fingerprint density at radius 1 is 1.00 bits per heavy atom. The second-order valence-electron chi connectivity index (χ2n) is 7.73. The molecule has 3 heterocycles. The van der Waals surface area contributed by atoms with Crippen molar-refractivity contribution >= 4 is 21.6 Å². The summed E-state index contributed by atoms with van der Waals surface area (Å²) in [4.78, 5) is 15.0. The van der Waals surface area contributed by atoms with E-state index in [1.807, 2.05) is 11.0 Å². The lowest BCUT2D eigenvalue weighted by Crippen LogP contribution is -2.52.